The number of ether oxygens (including phenoxy) is 1. The fraction of sp³-hybridized carbons (Fsp3) is 0.400. The van der Waals surface area contributed by atoms with Crippen LogP contribution in [0.15, 0.2) is 24.3 Å². The lowest BCUT2D eigenvalue weighted by molar-refractivity contribution is 0.0601. The molecule has 0 saturated carbocycles. The van der Waals surface area contributed by atoms with Gasteiger partial charge in [0.25, 0.3) is 0 Å². The number of thiocarbonyl (C=S) groups is 1. The fourth-order valence-corrected chi connectivity index (χ4v) is 4.77. The van der Waals surface area contributed by atoms with E-state index in [1.807, 2.05) is 12.1 Å². The Morgan fingerprint density at radius 1 is 1.27 bits per heavy atom. The number of carbonyl (C=O) groups excluding carboxylic acids is 1. The number of nitrogens with one attached hydrogen (secondary N) is 2. The zero-order valence-electron chi connectivity index (χ0n) is 15.3. The van der Waals surface area contributed by atoms with Crippen molar-refractivity contribution in [3.05, 3.63) is 45.8 Å². The fourth-order valence-electron chi connectivity index (χ4n) is 3.21. The van der Waals surface area contributed by atoms with Crippen molar-refractivity contribution in [3.63, 3.8) is 0 Å². The number of rotatable bonds is 5. The largest absolute Gasteiger partial charge is 0.465 e. The third kappa shape index (κ3) is 3.91. The summed E-state index contributed by atoms with van der Waals surface area (Å²) in [5.41, 5.74) is 4.00. The van der Waals surface area contributed by atoms with Gasteiger partial charge in [-0.3, -0.25) is 0 Å². The van der Waals surface area contributed by atoms with Gasteiger partial charge in [0.2, 0.25) is 0 Å². The lowest BCUT2D eigenvalue weighted by atomic mass is 9.99. The van der Waals surface area contributed by atoms with E-state index in [1.165, 1.54) is 17.6 Å². The minimum atomic E-state index is -0.299. The van der Waals surface area contributed by atoms with Crippen molar-refractivity contribution >= 4 is 45.3 Å². The van der Waals surface area contributed by atoms with Crippen molar-refractivity contribution in [2.24, 2.45) is 0 Å². The molecular formula is C20H24N2O2S2. The van der Waals surface area contributed by atoms with Crippen molar-refractivity contribution in [1.82, 2.24) is 0 Å². The molecule has 0 aliphatic heterocycles. The maximum Gasteiger partial charge on any atom is 0.341 e. The summed E-state index contributed by atoms with van der Waals surface area (Å²) < 4.78 is 4.97. The van der Waals surface area contributed by atoms with Crippen LogP contribution in [0.1, 0.15) is 59.0 Å². The molecule has 0 spiro atoms. The summed E-state index contributed by atoms with van der Waals surface area (Å²) in [5.74, 6) is 0.248. The molecule has 0 bridgehead atoms. The Balaban J connectivity index is 1.72. The minimum Gasteiger partial charge on any atom is -0.465 e. The molecule has 2 N–H and O–H groups in total. The Morgan fingerprint density at radius 2 is 2.00 bits per heavy atom. The summed E-state index contributed by atoms with van der Waals surface area (Å²) >= 11 is 7.05. The van der Waals surface area contributed by atoms with Crippen LogP contribution in [0.25, 0.3) is 0 Å². The van der Waals surface area contributed by atoms with Crippen LogP contribution in [0, 0.1) is 0 Å². The quantitative estimate of drug-likeness (QED) is 0.534. The molecule has 1 atom stereocenters. The Hall–Kier alpha value is -1.92. The van der Waals surface area contributed by atoms with Crippen molar-refractivity contribution in [1.29, 1.82) is 0 Å². The normalized spacial score (nSPS) is 13.8. The summed E-state index contributed by atoms with van der Waals surface area (Å²) in [6, 6.07) is 8.31. The molecule has 0 saturated heterocycles. The van der Waals surface area contributed by atoms with Gasteiger partial charge in [-0.2, -0.15) is 0 Å². The predicted molar refractivity (Wildman–Crippen MR) is 113 cm³/mol. The van der Waals surface area contributed by atoms with E-state index in [0.29, 0.717) is 16.6 Å². The molecule has 0 unspecified atom stereocenters. The molecular weight excluding hydrogens is 364 g/mol. The molecule has 1 aliphatic carbocycles. The van der Waals surface area contributed by atoms with Crippen LogP contribution in [0.2, 0.25) is 0 Å². The summed E-state index contributed by atoms with van der Waals surface area (Å²) in [4.78, 5) is 13.5. The zero-order chi connectivity index (χ0) is 18.7. The first-order valence-corrected chi connectivity index (χ1v) is 10.2. The van der Waals surface area contributed by atoms with Gasteiger partial charge >= 0.3 is 5.97 Å². The average Bonchev–Trinajstić information content (AvgIpc) is 3.21. The Morgan fingerprint density at radius 3 is 2.65 bits per heavy atom. The van der Waals surface area contributed by atoms with Gasteiger partial charge in [-0.1, -0.05) is 26.0 Å². The number of hydrogen-bond acceptors (Lipinski definition) is 4. The van der Waals surface area contributed by atoms with Crippen LogP contribution < -0.4 is 10.6 Å². The van der Waals surface area contributed by atoms with Crippen LogP contribution in [-0.4, -0.2) is 18.2 Å². The molecule has 2 aromatic rings. The third-order valence-electron chi connectivity index (χ3n) is 4.89. The maximum atomic E-state index is 12.2. The SMILES string of the molecule is CC[C@H](C)c1ccc(NC(=S)Nc2sc3c(c2C(=O)OC)CCC3)cc1. The molecule has 3 rings (SSSR count). The smallest absolute Gasteiger partial charge is 0.341 e. The highest BCUT2D eigenvalue weighted by molar-refractivity contribution is 7.80. The second kappa shape index (κ2) is 8.18. The number of methoxy groups -OCH3 is 1. The van der Waals surface area contributed by atoms with Gasteiger partial charge < -0.3 is 15.4 Å². The van der Waals surface area contributed by atoms with E-state index in [0.717, 1.165) is 41.9 Å². The maximum absolute atomic E-state index is 12.2. The number of anilines is 2. The molecule has 1 heterocycles. The number of aryl methyl sites for hydroxylation is 1. The number of esters is 1. The second-order valence-corrected chi connectivity index (χ2v) is 8.08. The van der Waals surface area contributed by atoms with Gasteiger partial charge in [0, 0.05) is 10.6 Å². The zero-order valence-corrected chi connectivity index (χ0v) is 17.0. The standard InChI is InChI=1S/C20H24N2O2S2/c1-4-12(2)13-8-10-14(11-9-13)21-20(25)22-18-17(19(23)24-3)15-6-5-7-16(15)26-18/h8-12H,4-7H2,1-3H3,(H2,21,22,25)/t12-/m0/s1. The Labute approximate surface area is 164 Å². The van der Waals surface area contributed by atoms with E-state index < -0.39 is 0 Å². The van der Waals surface area contributed by atoms with E-state index in [4.69, 9.17) is 17.0 Å². The summed E-state index contributed by atoms with van der Waals surface area (Å²) in [7, 11) is 1.42. The number of benzene rings is 1. The van der Waals surface area contributed by atoms with Gasteiger partial charge in [-0.15, -0.1) is 11.3 Å². The average molecular weight is 389 g/mol. The molecule has 1 aliphatic rings. The third-order valence-corrected chi connectivity index (χ3v) is 6.30. The Kier molecular flexibility index (Phi) is 5.94. The first-order valence-electron chi connectivity index (χ1n) is 8.94. The van der Waals surface area contributed by atoms with Gasteiger partial charge in [0.05, 0.1) is 12.7 Å². The van der Waals surface area contributed by atoms with Crippen molar-refractivity contribution in [2.75, 3.05) is 17.7 Å². The monoisotopic (exact) mass is 388 g/mol. The van der Waals surface area contributed by atoms with E-state index in [9.17, 15) is 4.79 Å². The lowest BCUT2D eigenvalue weighted by Crippen LogP contribution is -2.20. The molecule has 1 aromatic heterocycles. The summed E-state index contributed by atoms with van der Waals surface area (Å²) in [6.07, 6.45) is 4.15. The highest BCUT2D eigenvalue weighted by atomic mass is 32.1. The van der Waals surface area contributed by atoms with E-state index >= 15 is 0 Å². The van der Waals surface area contributed by atoms with Gasteiger partial charge in [-0.05, 0) is 67.1 Å². The highest BCUT2D eigenvalue weighted by Gasteiger charge is 2.27. The van der Waals surface area contributed by atoms with Crippen molar-refractivity contribution in [2.45, 2.75) is 45.4 Å². The number of hydrogen-bond donors (Lipinski definition) is 2. The topological polar surface area (TPSA) is 50.4 Å². The Bertz CT molecular complexity index is 812. The first-order chi connectivity index (χ1) is 12.5. The lowest BCUT2D eigenvalue weighted by Gasteiger charge is -2.13. The molecule has 0 fully saturated rings. The number of thiophene rings is 1. The van der Waals surface area contributed by atoms with Gasteiger partial charge in [0.15, 0.2) is 5.11 Å². The summed E-state index contributed by atoms with van der Waals surface area (Å²) in [5, 5.41) is 7.64. The molecule has 0 radical (unpaired) electrons. The van der Waals surface area contributed by atoms with E-state index in [1.54, 1.807) is 11.3 Å². The second-order valence-electron chi connectivity index (χ2n) is 6.56. The first kappa shape index (κ1) is 18.9. The molecule has 0 amide bonds. The molecule has 26 heavy (non-hydrogen) atoms. The van der Waals surface area contributed by atoms with Crippen LogP contribution in [-0.2, 0) is 17.6 Å². The van der Waals surface area contributed by atoms with E-state index in [2.05, 4.69) is 36.6 Å². The van der Waals surface area contributed by atoms with Crippen molar-refractivity contribution < 1.29 is 9.53 Å². The number of carbonyl (C=O) groups is 1. The van der Waals surface area contributed by atoms with E-state index in [-0.39, 0.29) is 5.97 Å². The van der Waals surface area contributed by atoms with Crippen molar-refractivity contribution in [3.8, 4) is 0 Å². The van der Waals surface area contributed by atoms with Crippen LogP contribution >= 0.6 is 23.6 Å². The highest BCUT2D eigenvalue weighted by Crippen LogP contribution is 2.39. The van der Waals surface area contributed by atoms with Crippen LogP contribution in [0.5, 0.6) is 0 Å². The van der Waals surface area contributed by atoms with Gasteiger partial charge in [0.1, 0.15) is 5.00 Å². The number of fused-ring (bicyclic) bond motifs is 1. The van der Waals surface area contributed by atoms with Crippen LogP contribution in [0.3, 0.4) is 0 Å². The molecule has 4 nitrogen and oxygen atoms in total. The minimum absolute atomic E-state index is 0.299. The molecule has 1 aromatic carbocycles. The predicted octanol–water partition coefficient (Wildman–Crippen LogP) is 5.35. The van der Waals surface area contributed by atoms with Gasteiger partial charge in [-0.25, -0.2) is 4.79 Å². The van der Waals surface area contributed by atoms with Crippen LogP contribution in [0.4, 0.5) is 10.7 Å². The summed E-state index contributed by atoms with van der Waals surface area (Å²) in [6.45, 7) is 4.41. The molecule has 6 heteroatoms. The molecule has 138 valence electrons.